The minimum absolute atomic E-state index is 0. The van der Waals surface area contributed by atoms with Gasteiger partial charge in [0.05, 0.1) is 0 Å². The van der Waals surface area contributed by atoms with Crippen molar-refractivity contribution in [2.45, 2.75) is 39.7 Å². The average molecular weight is 285 g/mol. The molecule has 1 rings (SSSR count). The Morgan fingerprint density at radius 3 is 2.47 bits per heavy atom. The van der Waals surface area contributed by atoms with E-state index in [9.17, 15) is 4.79 Å². The molecule has 0 fully saturated rings. The Balaban J connectivity index is 0.00000324. The average Bonchev–Trinajstić information content (AvgIpc) is 2.30. The van der Waals surface area contributed by atoms with Crippen molar-refractivity contribution in [3.05, 3.63) is 35.4 Å². The molecule has 0 aromatic heterocycles. The molecule has 1 amide bonds. The number of carbonyl (C=O) groups is 1. The van der Waals surface area contributed by atoms with Gasteiger partial charge in [-0.25, -0.2) is 0 Å². The van der Waals surface area contributed by atoms with Crippen molar-refractivity contribution in [3.8, 4) is 0 Å². The first-order chi connectivity index (χ1) is 8.35. The Morgan fingerprint density at radius 1 is 1.37 bits per heavy atom. The van der Waals surface area contributed by atoms with E-state index in [4.69, 9.17) is 5.73 Å². The van der Waals surface area contributed by atoms with Crippen molar-refractivity contribution < 1.29 is 4.79 Å². The summed E-state index contributed by atoms with van der Waals surface area (Å²) in [5, 5.41) is 3.06. The second-order valence-electron chi connectivity index (χ2n) is 5.61. The van der Waals surface area contributed by atoms with Crippen LogP contribution in [0.3, 0.4) is 0 Å². The summed E-state index contributed by atoms with van der Waals surface area (Å²) in [6, 6.07) is 8.26. The lowest BCUT2D eigenvalue weighted by molar-refractivity contribution is -0.125. The molecule has 3 N–H and O–H groups in total. The maximum atomic E-state index is 11.9. The van der Waals surface area contributed by atoms with Gasteiger partial charge < -0.3 is 11.1 Å². The molecule has 1 atom stereocenters. The van der Waals surface area contributed by atoms with Crippen molar-refractivity contribution in [1.82, 2.24) is 5.32 Å². The number of nitrogens with one attached hydrogen (secondary N) is 1. The molecule has 0 radical (unpaired) electrons. The molecule has 0 bridgehead atoms. The second-order valence-corrected chi connectivity index (χ2v) is 5.61. The number of amides is 1. The molecule has 0 aliphatic heterocycles. The Kier molecular flexibility index (Phi) is 7.09. The van der Waals surface area contributed by atoms with Gasteiger partial charge in [0.2, 0.25) is 5.91 Å². The smallest absolute Gasteiger partial charge is 0.224 e. The highest BCUT2D eigenvalue weighted by Gasteiger charge is 2.23. The molecule has 0 saturated heterocycles. The van der Waals surface area contributed by atoms with E-state index < -0.39 is 0 Å². The highest BCUT2D eigenvalue weighted by Crippen LogP contribution is 2.16. The molecular weight excluding hydrogens is 260 g/mol. The van der Waals surface area contributed by atoms with Crippen LogP contribution in [0.5, 0.6) is 0 Å². The molecule has 0 saturated carbocycles. The van der Waals surface area contributed by atoms with Gasteiger partial charge in [-0.05, 0) is 38.3 Å². The fourth-order valence-corrected chi connectivity index (χ4v) is 1.89. The van der Waals surface area contributed by atoms with Crippen LogP contribution in [0, 0.1) is 12.8 Å². The molecule has 0 spiro atoms. The molecule has 1 aromatic carbocycles. The SMILES string of the molecule is Cc1ccccc1CC(C)(C)NC(=O)C(C)CN.Cl. The van der Waals surface area contributed by atoms with Gasteiger partial charge in [0.1, 0.15) is 0 Å². The van der Waals surface area contributed by atoms with Crippen molar-refractivity contribution >= 4 is 18.3 Å². The zero-order valence-corrected chi connectivity index (χ0v) is 13.0. The minimum Gasteiger partial charge on any atom is -0.351 e. The lowest BCUT2D eigenvalue weighted by Gasteiger charge is -2.28. The van der Waals surface area contributed by atoms with E-state index in [0.717, 1.165) is 6.42 Å². The minimum atomic E-state index is -0.257. The van der Waals surface area contributed by atoms with Crippen molar-refractivity contribution in [1.29, 1.82) is 0 Å². The van der Waals surface area contributed by atoms with Crippen LogP contribution < -0.4 is 11.1 Å². The van der Waals surface area contributed by atoms with Crippen LogP contribution in [0.25, 0.3) is 0 Å². The van der Waals surface area contributed by atoms with Gasteiger partial charge in [0.25, 0.3) is 0 Å². The number of hydrogen-bond acceptors (Lipinski definition) is 2. The summed E-state index contributed by atoms with van der Waals surface area (Å²) in [6.45, 7) is 8.41. The van der Waals surface area contributed by atoms with Crippen LogP contribution >= 0.6 is 12.4 Å². The highest BCUT2D eigenvalue weighted by molar-refractivity contribution is 5.85. The van der Waals surface area contributed by atoms with E-state index in [-0.39, 0.29) is 29.8 Å². The molecule has 1 unspecified atom stereocenters. The predicted molar refractivity (Wildman–Crippen MR) is 82.6 cm³/mol. The van der Waals surface area contributed by atoms with Gasteiger partial charge >= 0.3 is 0 Å². The molecule has 108 valence electrons. The number of halogens is 1. The van der Waals surface area contributed by atoms with E-state index in [1.54, 1.807) is 0 Å². The summed E-state index contributed by atoms with van der Waals surface area (Å²) < 4.78 is 0. The molecule has 1 aromatic rings. The zero-order chi connectivity index (χ0) is 13.8. The van der Waals surface area contributed by atoms with E-state index in [2.05, 4.69) is 24.4 Å². The number of nitrogens with two attached hydrogens (primary N) is 1. The fraction of sp³-hybridized carbons (Fsp3) is 0.533. The third-order valence-electron chi connectivity index (χ3n) is 3.16. The fourth-order valence-electron chi connectivity index (χ4n) is 1.89. The van der Waals surface area contributed by atoms with Crippen molar-refractivity contribution in [3.63, 3.8) is 0 Å². The number of aryl methyl sites for hydroxylation is 1. The summed E-state index contributed by atoms with van der Waals surface area (Å²) >= 11 is 0. The number of rotatable bonds is 5. The summed E-state index contributed by atoms with van der Waals surface area (Å²) in [5.41, 5.74) is 7.77. The molecular formula is C15H25ClN2O. The van der Waals surface area contributed by atoms with Gasteiger partial charge in [0.15, 0.2) is 0 Å². The number of carbonyl (C=O) groups excluding carboxylic acids is 1. The van der Waals surface area contributed by atoms with E-state index in [1.165, 1.54) is 11.1 Å². The van der Waals surface area contributed by atoms with Crippen LogP contribution in [0.2, 0.25) is 0 Å². The summed E-state index contributed by atoms with van der Waals surface area (Å²) in [5.74, 6) is -0.114. The second kappa shape index (κ2) is 7.51. The van der Waals surface area contributed by atoms with Crippen LogP contribution in [0.4, 0.5) is 0 Å². The van der Waals surface area contributed by atoms with E-state index >= 15 is 0 Å². The van der Waals surface area contributed by atoms with Gasteiger partial charge in [-0.15, -0.1) is 12.4 Å². The summed E-state index contributed by atoms with van der Waals surface area (Å²) in [7, 11) is 0. The topological polar surface area (TPSA) is 55.1 Å². The lowest BCUT2D eigenvalue weighted by atomic mass is 9.91. The van der Waals surface area contributed by atoms with Crippen LogP contribution in [-0.2, 0) is 11.2 Å². The normalized spacial score (nSPS) is 12.5. The molecule has 0 heterocycles. The molecule has 19 heavy (non-hydrogen) atoms. The standard InChI is InChI=1S/C15H24N2O.ClH/c1-11-7-5-6-8-13(11)9-15(3,4)17-14(18)12(2)10-16;/h5-8,12H,9-10,16H2,1-4H3,(H,17,18);1H. The summed E-state index contributed by atoms with van der Waals surface area (Å²) in [6.07, 6.45) is 0.822. The van der Waals surface area contributed by atoms with Crippen LogP contribution in [0.15, 0.2) is 24.3 Å². The van der Waals surface area contributed by atoms with Crippen molar-refractivity contribution in [2.75, 3.05) is 6.54 Å². The predicted octanol–water partition coefficient (Wildman–Crippen LogP) is 2.45. The summed E-state index contributed by atoms with van der Waals surface area (Å²) in [4.78, 5) is 11.9. The van der Waals surface area contributed by atoms with Crippen LogP contribution in [-0.4, -0.2) is 18.0 Å². The number of benzene rings is 1. The molecule has 0 aliphatic rings. The Bertz CT molecular complexity index is 418. The monoisotopic (exact) mass is 284 g/mol. The lowest BCUT2D eigenvalue weighted by Crippen LogP contribution is -2.48. The first-order valence-electron chi connectivity index (χ1n) is 6.42. The quantitative estimate of drug-likeness (QED) is 0.873. The van der Waals surface area contributed by atoms with Gasteiger partial charge in [-0.2, -0.15) is 0 Å². The largest absolute Gasteiger partial charge is 0.351 e. The first kappa shape index (κ1) is 17.9. The maximum Gasteiger partial charge on any atom is 0.224 e. The van der Waals surface area contributed by atoms with Gasteiger partial charge in [-0.3, -0.25) is 4.79 Å². The van der Waals surface area contributed by atoms with Gasteiger partial charge in [0, 0.05) is 18.0 Å². The Morgan fingerprint density at radius 2 is 1.95 bits per heavy atom. The van der Waals surface area contributed by atoms with Gasteiger partial charge in [-0.1, -0.05) is 31.2 Å². The van der Waals surface area contributed by atoms with Crippen molar-refractivity contribution in [2.24, 2.45) is 11.7 Å². The highest BCUT2D eigenvalue weighted by atomic mass is 35.5. The number of hydrogen-bond donors (Lipinski definition) is 2. The zero-order valence-electron chi connectivity index (χ0n) is 12.2. The molecule has 0 aliphatic carbocycles. The molecule has 3 nitrogen and oxygen atoms in total. The maximum absolute atomic E-state index is 11.9. The van der Waals surface area contributed by atoms with E-state index in [1.807, 2.05) is 32.9 Å². The molecule has 4 heteroatoms. The Hall–Kier alpha value is -1.06. The van der Waals surface area contributed by atoms with Crippen LogP contribution in [0.1, 0.15) is 31.9 Å². The third-order valence-corrected chi connectivity index (χ3v) is 3.16. The third kappa shape index (κ3) is 5.62. The van der Waals surface area contributed by atoms with E-state index in [0.29, 0.717) is 6.54 Å². The first-order valence-corrected chi connectivity index (χ1v) is 6.42. The Labute approximate surface area is 122 Å².